The molecule has 4 aliphatic rings. The molecule has 1 N–H and O–H groups in total. The zero-order valence-corrected chi connectivity index (χ0v) is 25.0. The number of fused-ring (bicyclic) bond motifs is 7. The molecule has 4 aromatic carbocycles. The Morgan fingerprint density at radius 2 is 1.68 bits per heavy atom. The van der Waals surface area contributed by atoms with Gasteiger partial charge >= 0.3 is 0 Å². The van der Waals surface area contributed by atoms with Gasteiger partial charge in [0.25, 0.3) is 0 Å². The van der Waals surface area contributed by atoms with Crippen LogP contribution in [0.1, 0.15) is 43.4 Å². The third kappa shape index (κ3) is 3.59. The van der Waals surface area contributed by atoms with Gasteiger partial charge in [-0.2, -0.15) is 0 Å². The van der Waals surface area contributed by atoms with Crippen molar-refractivity contribution in [1.82, 2.24) is 4.90 Å². The van der Waals surface area contributed by atoms with Gasteiger partial charge in [0.2, 0.25) is 12.7 Å². The number of nitrogens with zero attached hydrogens (tertiary/aromatic N) is 1. The van der Waals surface area contributed by atoms with E-state index in [1.807, 2.05) is 65.7 Å². The number of rotatable bonds is 5. The van der Waals surface area contributed by atoms with Crippen LogP contribution in [0.5, 0.6) is 17.2 Å². The van der Waals surface area contributed by atoms with Crippen molar-refractivity contribution in [2.24, 2.45) is 5.92 Å². The van der Waals surface area contributed by atoms with E-state index in [4.69, 9.17) is 14.2 Å². The van der Waals surface area contributed by atoms with E-state index < -0.39 is 23.4 Å². The van der Waals surface area contributed by atoms with Crippen LogP contribution in [0.25, 0.3) is 6.08 Å². The molecular formula is C35H25BrN2O6. The van der Waals surface area contributed by atoms with Crippen LogP contribution in [0, 0.1) is 5.92 Å². The number of hydrogen-bond acceptors (Lipinski definition) is 7. The minimum Gasteiger partial charge on any atom is -0.496 e. The number of ether oxygens (including phenoxy) is 3. The smallest absolute Gasteiger partial charge is 0.238 e. The molecule has 1 amide bonds. The van der Waals surface area contributed by atoms with Crippen LogP contribution in [-0.2, 0) is 10.2 Å². The van der Waals surface area contributed by atoms with E-state index in [1.165, 1.54) is 0 Å². The fourth-order valence-corrected chi connectivity index (χ4v) is 7.93. The Morgan fingerprint density at radius 1 is 0.932 bits per heavy atom. The third-order valence-corrected chi connectivity index (χ3v) is 9.83. The van der Waals surface area contributed by atoms with Gasteiger partial charge in [-0.15, -0.1) is 0 Å². The van der Waals surface area contributed by atoms with E-state index in [2.05, 4.69) is 21.2 Å². The maximum Gasteiger partial charge on any atom is 0.238 e. The summed E-state index contributed by atoms with van der Waals surface area (Å²) in [4.78, 5) is 46.3. The fraction of sp³-hybridized carbons (Fsp3) is 0.171. The summed E-state index contributed by atoms with van der Waals surface area (Å²) in [7, 11) is 1.55. The molecule has 1 spiro atoms. The molecule has 4 aliphatic heterocycles. The molecule has 0 bridgehead atoms. The third-order valence-electron chi connectivity index (χ3n) is 9.21. The molecule has 0 radical (unpaired) electrons. The molecule has 4 heterocycles. The van der Waals surface area contributed by atoms with Gasteiger partial charge in [-0.1, -0.05) is 42.5 Å². The highest BCUT2D eigenvalue weighted by molar-refractivity contribution is 9.10. The van der Waals surface area contributed by atoms with Gasteiger partial charge < -0.3 is 24.4 Å². The molecule has 218 valence electrons. The van der Waals surface area contributed by atoms with Crippen LogP contribution in [0.4, 0.5) is 5.69 Å². The van der Waals surface area contributed by atoms with Crippen LogP contribution in [0.3, 0.4) is 0 Å². The Labute approximate surface area is 261 Å². The first-order chi connectivity index (χ1) is 21.4. The zero-order chi connectivity index (χ0) is 30.2. The average molecular weight is 649 g/mol. The highest BCUT2D eigenvalue weighted by Gasteiger charge is 2.70. The lowest BCUT2D eigenvalue weighted by molar-refractivity contribution is -0.122. The average Bonchev–Trinajstić information content (AvgIpc) is 3.73. The number of nitrogens with one attached hydrogen (secondary N) is 1. The van der Waals surface area contributed by atoms with Gasteiger partial charge in [0.05, 0.1) is 23.5 Å². The molecule has 0 aromatic heterocycles. The highest BCUT2D eigenvalue weighted by Crippen LogP contribution is 2.62. The van der Waals surface area contributed by atoms with E-state index in [-0.39, 0.29) is 24.3 Å². The van der Waals surface area contributed by atoms with Crippen molar-refractivity contribution in [3.8, 4) is 17.2 Å². The van der Waals surface area contributed by atoms with Crippen molar-refractivity contribution in [3.05, 3.63) is 123 Å². The van der Waals surface area contributed by atoms with E-state index in [0.717, 1.165) is 11.1 Å². The largest absolute Gasteiger partial charge is 0.496 e. The standard InChI is InChI=1S/C35H25BrN2O6/c1-42-26-12-10-20(16-24(26)36)32(40)30-29(31(39)21-11-13-27-28(17-21)44-18-43-27)35(23-8-4-5-9-25(23)37-34(35)41)33-22-7-3-2-6-19(22)14-15-38(30)33/h2-17,29-30,33H,18H2,1H3,(H,37,41)/t29-,30-,33-,35+/m1/s1. The number of hydrogen-bond donors (Lipinski definition) is 1. The molecule has 44 heavy (non-hydrogen) atoms. The second-order valence-corrected chi connectivity index (χ2v) is 12.1. The minimum atomic E-state index is -1.42. The van der Waals surface area contributed by atoms with Crippen LogP contribution in [0.2, 0.25) is 0 Å². The first-order valence-corrected chi connectivity index (χ1v) is 15.0. The maximum absolute atomic E-state index is 15.0. The van der Waals surface area contributed by atoms with Crippen LogP contribution < -0.4 is 19.5 Å². The fourth-order valence-electron chi connectivity index (χ4n) is 7.39. The van der Waals surface area contributed by atoms with Crippen LogP contribution >= 0.6 is 15.9 Å². The Morgan fingerprint density at radius 3 is 2.52 bits per heavy atom. The van der Waals surface area contributed by atoms with E-state index in [0.29, 0.717) is 44.1 Å². The summed E-state index contributed by atoms with van der Waals surface area (Å²) in [6, 6.07) is 23.8. The highest BCUT2D eigenvalue weighted by atomic mass is 79.9. The lowest BCUT2D eigenvalue weighted by Gasteiger charge is -2.38. The van der Waals surface area contributed by atoms with Gasteiger partial charge in [0.15, 0.2) is 23.1 Å². The van der Waals surface area contributed by atoms with Crippen LogP contribution in [0.15, 0.2) is 95.6 Å². The van der Waals surface area contributed by atoms with E-state index in [9.17, 15) is 9.59 Å². The predicted octanol–water partition coefficient (Wildman–Crippen LogP) is 6.17. The van der Waals surface area contributed by atoms with Gasteiger partial charge in [-0.05, 0) is 81.2 Å². The molecule has 8 rings (SSSR count). The lowest BCUT2D eigenvalue weighted by atomic mass is 9.62. The Bertz CT molecular complexity index is 1940. The summed E-state index contributed by atoms with van der Waals surface area (Å²) in [6.07, 6.45) is 3.80. The maximum atomic E-state index is 15.0. The van der Waals surface area contributed by atoms with Gasteiger partial charge in [0.1, 0.15) is 17.2 Å². The van der Waals surface area contributed by atoms with Crippen molar-refractivity contribution in [2.45, 2.75) is 17.5 Å². The summed E-state index contributed by atoms with van der Waals surface area (Å²) in [5, 5.41) is 3.07. The molecule has 0 unspecified atom stereocenters. The second kappa shape index (κ2) is 9.82. The number of para-hydroxylation sites is 1. The topological polar surface area (TPSA) is 94.2 Å². The van der Waals surface area contributed by atoms with Crippen molar-refractivity contribution < 1.29 is 28.6 Å². The summed E-state index contributed by atoms with van der Waals surface area (Å²) in [5.74, 6) is -0.464. The van der Waals surface area contributed by atoms with Crippen molar-refractivity contribution in [2.75, 3.05) is 19.2 Å². The number of carbonyl (C=O) groups excluding carboxylic acids is 3. The van der Waals surface area contributed by atoms with Crippen molar-refractivity contribution in [3.63, 3.8) is 0 Å². The number of methoxy groups -OCH3 is 1. The Balaban J connectivity index is 1.40. The predicted molar refractivity (Wildman–Crippen MR) is 166 cm³/mol. The Kier molecular flexibility index (Phi) is 5.96. The molecule has 8 nitrogen and oxygen atoms in total. The monoisotopic (exact) mass is 648 g/mol. The van der Waals surface area contributed by atoms with Gasteiger partial charge in [-0.25, -0.2) is 0 Å². The molecule has 9 heteroatoms. The molecule has 4 atom stereocenters. The molecule has 1 saturated heterocycles. The van der Waals surface area contributed by atoms with Crippen molar-refractivity contribution in [1.29, 1.82) is 0 Å². The minimum absolute atomic E-state index is 0.0566. The molecule has 1 fully saturated rings. The first-order valence-electron chi connectivity index (χ1n) is 14.2. The molecular weight excluding hydrogens is 624 g/mol. The number of benzene rings is 4. The second-order valence-electron chi connectivity index (χ2n) is 11.2. The lowest BCUT2D eigenvalue weighted by Crippen LogP contribution is -2.49. The van der Waals surface area contributed by atoms with E-state index >= 15 is 4.79 Å². The SMILES string of the molecule is COc1ccc(C(=O)[C@H]2[C@H](C(=O)c3ccc4c(c3)OCO4)[C@]3(C(=O)Nc4ccccc43)[C@H]3c4ccccc4C=CN23)cc1Br. The quantitative estimate of drug-likeness (QED) is 0.259. The first kappa shape index (κ1) is 26.7. The van der Waals surface area contributed by atoms with Gasteiger partial charge in [-0.3, -0.25) is 14.4 Å². The number of anilines is 1. The Hall–Kier alpha value is -4.89. The van der Waals surface area contributed by atoms with Crippen LogP contribution in [-0.4, -0.2) is 42.3 Å². The summed E-state index contributed by atoms with van der Waals surface area (Å²) < 4.78 is 17.1. The number of halogens is 1. The number of ketones is 2. The number of amides is 1. The molecule has 4 aromatic rings. The van der Waals surface area contributed by atoms with Crippen molar-refractivity contribution >= 4 is 45.2 Å². The molecule has 0 aliphatic carbocycles. The number of carbonyl (C=O) groups is 3. The summed E-state index contributed by atoms with van der Waals surface area (Å²) >= 11 is 3.51. The summed E-state index contributed by atoms with van der Waals surface area (Å²) in [5.41, 5.74) is 2.43. The summed E-state index contributed by atoms with van der Waals surface area (Å²) in [6.45, 7) is 0.0566. The number of Topliss-reactive ketones (excluding diaryl/α,β-unsaturated/α-hetero) is 2. The molecule has 0 saturated carbocycles. The normalized spacial score (nSPS) is 23.6. The van der Waals surface area contributed by atoms with Gasteiger partial charge in [0, 0.05) is 23.0 Å². The van der Waals surface area contributed by atoms with E-state index in [1.54, 1.807) is 43.5 Å². The zero-order valence-electron chi connectivity index (χ0n) is 23.5.